The van der Waals surface area contributed by atoms with Gasteiger partial charge in [-0.05, 0) is 25.7 Å². The Bertz CT molecular complexity index is 1100. The second kappa shape index (κ2) is 13.4. The first kappa shape index (κ1) is 32.6. The van der Waals surface area contributed by atoms with Crippen LogP contribution in [0.1, 0.15) is 25.8 Å². The van der Waals surface area contributed by atoms with Gasteiger partial charge in [-0.3, -0.25) is 9.69 Å². The van der Waals surface area contributed by atoms with Crippen molar-refractivity contribution in [1.29, 1.82) is 0 Å². The van der Waals surface area contributed by atoms with E-state index in [9.17, 15) is 27.9 Å². The number of benzene rings is 1. The van der Waals surface area contributed by atoms with Gasteiger partial charge in [0.2, 0.25) is 5.82 Å². The molecule has 0 unspecified atom stereocenters. The van der Waals surface area contributed by atoms with Crippen molar-refractivity contribution in [1.82, 2.24) is 9.55 Å². The van der Waals surface area contributed by atoms with Crippen LogP contribution in [-0.4, -0.2) is 22.9 Å². The Morgan fingerprint density at radius 3 is 2.26 bits per heavy atom. The van der Waals surface area contributed by atoms with Gasteiger partial charge in [-0.25, -0.2) is 4.98 Å². The first-order valence-corrected chi connectivity index (χ1v) is 11.6. The summed E-state index contributed by atoms with van der Waals surface area (Å²) < 4.78 is 46.1. The third-order valence-corrected chi connectivity index (χ3v) is 5.90. The van der Waals surface area contributed by atoms with E-state index in [4.69, 9.17) is 34.8 Å². The summed E-state index contributed by atoms with van der Waals surface area (Å²) in [5.74, 6) is -0.591. The largest absolute Gasteiger partial charge is 1.00 e. The molecule has 1 saturated carbocycles. The van der Waals surface area contributed by atoms with Crippen LogP contribution in [0.5, 0.6) is 5.75 Å². The molecule has 1 fully saturated rings. The minimum atomic E-state index is -5.50. The molecule has 1 aliphatic carbocycles. The Morgan fingerprint density at radius 1 is 1.24 bits per heavy atom. The molecule has 0 spiro atoms. The van der Waals surface area contributed by atoms with Gasteiger partial charge in [0.15, 0.2) is 0 Å². The van der Waals surface area contributed by atoms with Crippen LogP contribution in [0.25, 0.3) is 0 Å². The molecular weight excluding hydrogens is 564 g/mol. The number of rotatable bonds is 9. The molecule has 1 aromatic heterocycles. The Balaban J connectivity index is 0.00000289. The SMILES string of the molecule is C[C@@H](C1CC1)n1cc(Cl)nc(N(COP(=O)([O-])[O-])c2c(Cl)cc(OC(F)F)cc2Cl)c1=O.[Na+].[Na+]. The van der Waals surface area contributed by atoms with E-state index in [2.05, 4.69) is 14.2 Å². The van der Waals surface area contributed by atoms with Gasteiger partial charge in [-0.2, -0.15) is 8.78 Å². The molecule has 1 aromatic carbocycles. The molecule has 1 atom stereocenters. The zero-order valence-corrected chi connectivity index (χ0v) is 25.4. The Kier molecular flexibility index (Phi) is 12.8. The molecule has 9 nitrogen and oxygen atoms in total. The number of hydrogen-bond donors (Lipinski definition) is 0. The van der Waals surface area contributed by atoms with E-state index < -0.39 is 38.3 Å². The number of alkyl halides is 2. The van der Waals surface area contributed by atoms with Crippen LogP contribution in [-0.2, 0) is 9.09 Å². The van der Waals surface area contributed by atoms with Crippen LogP contribution in [0, 0.1) is 5.92 Å². The standard InChI is InChI=1S/C17H17Cl3F2N3O6P.2Na/c1-8(9-2-3-9)24-6-13(20)23-15(16(24)26)25(7-30-32(27,28)29)14-11(18)4-10(5-12(14)19)31-17(21)22;;/h4-6,8-9,17H,2-3,7H2,1H3,(H2,27,28,29);;/q;2*+1/p-2/t8-;;/m0../s1. The third kappa shape index (κ3) is 8.55. The minimum absolute atomic E-state index is 0. The molecule has 0 bridgehead atoms. The first-order chi connectivity index (χ1) is 14.9. The number of aromatic nitrogens is 2. The van der Waals surface area contributed by atoms with Crippen LogP contribution in [0.15, 0.2) is 23.1 Å². The fourth-order valence-electron chi connectivity index (χ4n) is 3.08. The normalized spacial score (nSPS) is 14.3. The van der Waals surface area contributed by atoms with Crippen LogP contribution >= 0.6 is 42.6 Å². The number of hydrogen-bond acceptors (Lipinski definition) is 8. The fourth-order valence-corrected chi connectivity index (χ4v) is 4.20. The topological polar surface area (TPSA) is 120 Å². The van der Waals surface area contributed by atoms with Gasteiger partial charge < -0.3 is 28.2 Å². The van der Waals surface area contributed by atoms with Crippen LogP contribution in [0.4, 0.5) is 20.3 Å². The molecule has 17 heteroatoms. The van der Waals surface area contributed by atoms with E-state index in [-0.39, 0.29) is 92.0 Å². The van der Waals surface area contributed by atoms with Crippen molar-refractivity contribution >= 4 is 54.1 Å². The molecule has 1 aliphatic rings. The minimum Gasteiger partial charge on any atom is -0.790 e. The van der Waals surface area contributed by atoms with Gasteiger partial charge in [0, 0.05) is 24.4 Å². The van der Waals surface area contributed by atoms with Gasteiger partial charge in [0.1, 0.15) is 17.6 Å². The van der Waals surface area contributed by atoms with Gasteiger partial charge in [0.25, 0.3) is 5.56 Å². The number of phosphoric ester groups is 1. The van der Waals surface area contributed by atoms with Crippen LogP contribution < -0.4 is 84.1 Å². The van der Waals surface area contributed by atoms with Crippen molar-refractivity contribution in [3.63, 3.8) is 0 Å². The van der Waals surface area contributed by atoms with Crippen molar-refractivity contribution in [2.75, 3.05) is 11.6 Å². The van der Waals surface area contributed by atoms with Crippen LogP contribution in [0.2, 0.25) is 15.2 Å². The second-order valence-electron chi connectivity index (χ2n) is 6.93. The molecule has 1 heterocycles. The maximum atomic E-state index is 13.2. The number of ether oxygens (including phenoxy) is 1. The Hall–Kier alpha value is 0.540. The Morgan fingerprint density at radius 2 is 1.79 bits per heavy atom. The molecule has 0 radical (unpaired) electrons. The van der Waals surface area contributed by atoms with E-state index in [0.717, 1.165) is 29.9 Å². The predicted octanol–water partition coefficient (Wildman–Crippen LogP) is -2.28. The maximum absolute atomic E-state index is 13.2. The van der Waals surface area contributed by atoms with Gasteiger partial charge in [-0.1, -0.05) is 34.8 Å². The van der Waals surface area contributed by atoms with Gasteiger partial charge >= 0.3 is 65.7 Å². The smallest absolute Gasteiger partial charge is 0.790 e. The second-order valence-corrected chi connectivity index (χ2v) is 9.28. The number of anilines is 2. The predicted molar refractivity (Wildman–Crippen MR) is 110 cm³/mol. The molecule has 176 valence electrons. The number of nitrogens with zero attached hydrogens (tertiary/aromatic N) is 3. The molecule has 3 rings (SSSR count). The summed E-state index contributed by atoms with van der Waals surface area (Å²) >= 11 is 18.4. The average molecular weight is 579 g/mol. The molecule has 0 saturated heterocycles. The summed E-state index contributed by atoms with van der Waals surface area (Å²) in [6.45, 7) is -2.39. The van der Waals surface area contributed by atoms with Crippen molar-refractivity contribution in [3.05, 3.63) is 43.9 Å². The number of phosphoric acid groups is 1. The Labute approximate surface area is 252 Å². The molecule has 0 aliphatic heterocycles. The van der Waals surface area contributed by atoms with Crippen molar-refractivity contribution in [2.45, 2.75) is 32.4 Å². The monoisotopic (exact) mass is 577 g/mol. The summed E-state index contributed by atoms with van der Waals surface area (Å²) in [6, 6.07) is 1.68. The third-order valence-electron chi connectivity index (χ3n) is 4.71. The molecule has 0 N–H and O–H groups in total. The van der Waals surface area contributed by atoms with Crippen LogP contribution in [0.3, 0.4) is 0 Å². The van der Waals surface area contributed by atoms with Crippen molar-refractivity contribution < 1.29 is 91.5 Å². The van der Waals surface area contributed by atoms with E-state index in [1.165, 1.54) is 10.8 Å². The fraction of sp³-hybridized carbons (Fsp3) is 0.412. The maximum Gasteiger partial charge on any atom is 1.00 e. The van der Waals surface area contributed by atoms with E-state index in [1.807, 2.05) is 0 Å². The zero-order valence-electron chi connectivity index (χ0n) is 18.2. The summed E-state index contributed by atoms with van der Waals surface area (Å²) in [4.78, 5) is 40.1. The van der Waals surface area contributed by atoms with Crippen molar-refractivity contribution in [2.24, 2.45) is 5.92 Å². The molecular formula is C17H15Cl3F2N3Na2O6P. The van der Waals surface area contributed by atoms with Gasteiger partial charge in [-0.15, -0.1) is 0 Å². The first-order valence-electron chi connectivity index (χ1n) is 9.04. The van der Waals surface area contributed by atoms with Crippen molar-refractivity contribution in [3.8, 4) is 5.75 Å². The van der Waals surface area contributed by atoms with Gasteiger partial charge in [0.05, 0.1) is 23.6 Å². The summed E-state index contributed by atoms with van der Waals surface area (Å²) in [5, 5.41) is -0.743. The average Bonchev–Trinajstić information content (AvgIpc) is 3.49. The zero-order chi connectivity index (χ0) is 23.8. The van der Waals surface area contributed by atoms with E-state index in [1.54, 1.807) is 6.92 Å². The summed E-state index contributed by atoms with van der Waals surface area (Å²) in [6.07, 6.45) is 3.15. The summed E-state index contributed by atoms with van der Waals surface area (Å²) in [5.41, 5.74) is -0.926. The number of halogens is 5. The van der Waals surface area contributed by atoms with E-state index in [0.29, 0.717) is 0 Å². The summed E-state index contributed by atoms with van der Waals surface area (Å²) in [7, 11) is -5.50. The molecule has 34 heavy (non-hydrogen) atoms. The van der Waals surface area contributed by atoms with E-state index >= 15 is 0 Å². The molecule has 0 amide bonds. The molecule has 2 aromatic rings. The quantitative estimate of drug-likeness (QED) is 0.186.